The van der Waals surface area contributed by atoms with Gasteiger partial charge in [-0.1, -0.05) is 60.7 Å². The molecule has 0 N–H and O–H groups in total. The standard InChI is InChI=1S/C22H24O4/c23-22-11-18-19(15-24-13-16-7-3-1-4-8-16)20(12-21(18)26-22)25-14-17-9-5-2-6-10-17/h1-10,18-21H,11-15H2/t18-,19-,20-,21+/m0/s1. The van der Waals surface area contributed by atoms with Gasteiger partial charge in [0.2, 0.25) is 0 Å². The minimum absolute atomic E-state index is 0.0198. The minimum Gasteiger partial charge on any atom is -0.462 e. The highest BCUT2D eigenvalue weighted by molar-refractivity contribution is 5.72. The Bertz CT molecular complexity index is 715. The SMILES string of the molecule is O=C1C[C@H]2[C@H](COCc3ccccc3)[C@@H](OCc3ccccc3)C[C@H]2O1. The number of esters is 1. The molecule has 4 atom stereocenters. The lowest BCUT2D eigenvalue weighted by Crippen LogP contribution is -2.27. The van der Waals surface area contributed by atoms with E-state index in [9.17, 15) is 4.79 Å². The van der Waals surface area contributed by atoms with Crippen LogP contribution in [0, 0.1) is 11.8 Å². The fourth-order valence-electron chi connectivity index (χ4n) is 4.04. The van der Waals surface area contributed by atoms with E-state index in [1.165, 1.54) is 0 Å². The van der Waals surface area contributed by atoms with Gasteiger partial charge in [-0.05, 0) is 11.1 Å². The largest absolute Gasteiger partial charge is 0.462 e. The maximum atomic E-state index is 11.7. The van der Waals surface area contributed by atoms with Crippen LogP contribution < -0.4 is 0 Å². The second-order valence-corrected chi connectivity index (χ2v) is 7.13. The maximum absolute atomic E-state index is 11.7. The zero-order chi connectivity index (χ0) is 17.8. The topological polar surface area (TPSA) is 44.8 Å². The van der Waals surface area contributed by atoms with Gasteiger partial charge in [-0.2, -0.15) is 0 Å². The van der Waals surface area contributed by atoms with Crippen LogP contribution in [0.5, 0.6) is 0 Å². The van der Waals surface area contributed by atoms with Crippen LogP contribution >= 0.6 is 0 Å². The molecule has 1 heterocycles. The molecular formula is C22H24O4. The molecule has 1 aliphatic carbocycles. The molecule has 136 valence electrons. The average Bonchev–Trinajstić information content (AvgIpc) is 3.18. The Labute approximate surface area is 154 Å². The van der Waals surface area contributed by atoms with Crippen LogP contribution in [0.1, 0.15) is 24.0 Å². The van der Waals surface area contributed by atoms with Gasteiger partial charge in [0.25, 0.3) is 0 Å². The number of carbonyl (C=O) groups is 1. The van der Waals surface area contributed by atoms with Crippen molar-refractivity contribution in [3.8, 4) is 0 Å². The van der Waals surface area contributed by atoms with Crippen LogP contribution in [-0.2, 0) is 32.2 Å². The molecule has 26 heavy (non-hydrogen) atoms. The quantitative estimate of drug-likeness (QED) is 0.712. The van der Waals surface area contributed by atoms with Crippen molar-refractivity contribution < 1.29 is 19.0 Å². The Kier molecular flexibility index (Phi) is 5.32. The van der Waals surface area contributed by atoms with Gasteiger partial charge in [0.05, 0.1) is 32.3 Å². The molecule has 0 amide bonds. The van der Waals surface area contributed by atoms with Crippen LogP contribution in [0.15, 0.2) is 60.7 Å². The first-order valence-corrected chi connectivity index (χ1v) is 9.26. The van der Waals surface area contributed by atoms with E-state index in [2.05, 4.69) is 24.3 Å². The fourth-order valence-corrected chi connectivity index (χ4v) is 4.04. The number of benzene rings is 2. The third kappa shape index (κ3) is 3.97. The summed E-state index contributed by atoms with van der Waals surface area (Å²) in [7, 11) is 0. The van der Waals surface area contributed by atoms with Gasteiger partial charge in [0.15, 0.2) is 0 Å². The van der Waals surface area contributed by atoms with Crippen molar-refractivity contribution in [3.05, 3.63) is 71.8 Å². The second kappa shape index (κ2) is 8.02. The van der Waals surface area contributed by atoms with Crippen molar-refractivity contribution in [3.63, 3.8) is 0 Å². The molecule has 2 fully saturated rings. The summed E-state index contributed by atoms with van der Waals surface area (Å²) < 4.78 is 17.7. The van der Waals surface area contributed by atoms with E-state index in [0.717, 1.165) is 17.5 Å². The van der Waals surface area contributed by atoms with Crippen LogP contribution in [-0.4, -0.2) is 24.8 Å². The van der Waals surface area contributed by atoms with Crippen molar-refractivity contribution in [2.45, 2.75) is 38.3 Å². The number of hydrogen-bond acceptors (Lipinski definition) is 4. The lowest BCUT2D eigenvalue weighted by molar-refractivity contribution is -0.142. The maximum Gasteiger partial charge on any atom is 0.306 e. The monoisotopic (exact) mass is 352 g/mol. The molecule has 4 nitrogen and oxygen atoms in total. The Morgan fingerprint density at radius 2 is 1.58 bits per heavy atom. The molecular weight excluding hydrogens is 328 g/mol. The highest BCUT2D eigenvalue weighted by atomic mass is 16.6. The summed E-state index contributed by atoms with van der Waals surface area (Å²) in [5.74, 6) is 0.312. The van der Waals surface area contributed by atoms with Gasteiger partial charge in [-0.15, -0.1) is 0 Å². The van der Waals surface area contributed by atoms with Gasteiger partial charge >= 0.3 is 5.97 Å². The zero-order valence-corrected chi connectivity index (χ0v) is 14.8. The fraction of sp³-hybridized carbons (Fsp3) is 0.409. The van der Waals surface area contributed by atoms with Crippen LogP contribution in [0.3, 0.4) is 0 Å². The molecule has 0 spiro atoms. The van der Waals surface area contributed by atoms with Crippen molar-refractivity contribution in [2.24, 2.45) is 11.8 Å². The Hall–Kier alpha value is -2.17. The van der Waals surface area contributed by atoms with E-state index >= 15 is 0 Å². The van der Waals surface area contributed by atoms with Crippen molar-refractivity contribution in [1.82, 2.24) is 0 Å². The highest BCUT2D eigenvalue weighted by Gasteiger charge is 2.50. The van der Waals surface area contributed by atoms with Crippen molar-refractivity contribution in [2.75, 3.05) is 6.61 Å². The average molecular weight is 352 g/mol. The molecule has 0 aromatic heterocycles. The lowest BCUT2D eigenvalue weighted by atomic mass is 9.93. The summed E-state index contributed by atoms with van der Waals surface area (Å²) in [6.07, 6.45) is 1.29. The van der Waals surface area contributed by atoms with E-state index in [4.69, 9.17) is 14.2 Å². The number of fused-ring (bicyclic) bond motifs is 1. The predicted molar refractivity (Wildman–Crippen MR) is 97.2 cm³/mol. The third-order valence-electron chi connectivity index (χ3n) is 5.38. The van der Waals surface area contributed by atoms with Crippen molar-refractivity contribution in [1.29, 1.82) is 0 Å². The highest BCUT2D eigenvalue weighted by Crippen LogP contribution is 2.43. The number of carbonyl (C=O) groups excluding carboxylic acids is 1. The normalized spacial score (nSPS) is 27.3. The minimum atomic E-state index is -0.0884. The van der Waals surface area contributed by atoms with Gasteiger partial charge in [-0.3, -0.25) is 4.79 Å². The molecule has 1 saturated carbocycles. The van der Waals surface area contributed by atoms with E-state index in [1.54, 1.807) is 0 Å². The molecule has 0 radical (unpaired) electrons. The van der Waals surface area contributed by atoms with E-state index in [1.807, 2.05) is 36.4 Å². The molecule has 4 heteroatoms. The first-order chi connectivity index (χ1) is 12.8. The van der Waals surface area contributed by atoms with E-state index in [0.29, 0.717) is 26.2 Å². The summed E-state index contributed by atoms with van der Waals surface area (Å²) >= 11 is 0. The van der Waals surface area contributed by atoms with E-state index in [-0.39, 0.29) is 30.0 Å². The first kappa shape index (κ1) is 17.3. The molecule has 1 saturated heterocycles. The molecule has 1 aliphatic heterocycles. The smallest absolute Gasteiger partial charge is 0.306 e. The first-order valence-electron chi connectivity index (χ1n) is 9.26. The zero-order valence-electron chi connectivity index (χ0n) is 14.8. The molecule has 2 aromatic carbocycles. The molecule has 0 unspecified atom stereocenters. The number of ether oxygens (including phenoxy) is 3. The van der Waals surface area contributed by atoms with Gasteiger partial charge in [-0.25, -0.2) is 0 Å². The molecule has 2 aromatic rings. The Balaban J connectivity index is 1.37. The summed E-state index contributed by atoms with van der Waals surface area (Å²) in [5.41, 5.74) is 2.31. The summed E-state index contributed by atoms with van der Waals surface area (Å²) in [6.45, 7) is 1.75. The van der Waals surface area contributed by atoms with Crippen molar-refractivity contribution >= 4 is 5.97 Å². The third-order valence-corrected chi connectivity index (χ3v) is 5.38. The molecule has 0 bridgehead atoms. The lowest BCUT2D eigenvalue weighted by Gasteiger charge is -2.23. The summed E-state index contributed by atoms with van der Waals surface area (Å²) in [6, 6.07) is 20.3. The van der Waals surface area contributed by atoms with Crippen LogP contribution in [0.25, 0.3) is 0 Å². The van der Waals surface area contributed by atoms with Gasteiger partial charge in [0, 0.05) is 18.3 Å². The Morgan fingerprint density at radius 3 is 2.27 bits per heavy atom. The van der Waals surface area contributed by atoms with Gasteiger partial charge < -0.3 is 14.2 Å². The number of hydrogen-bond donors (Lipinski definition) is 0. The number of rotatable bonds is 7. The molecule has 2 aliphatic rings. The molecule has 4 rings (SSSR count). The predicted octanol–water partition coefficient (Wildman–Crippen LogP) is 3.74. The van der Waals surface area contributed by atoms with E-state index < -0.39 is 0 Å². The van der Waals surface area contributed by atoms with Crippen LogP contribution in [0.2, 0.25) is 0 Å². The second-order valence-electron chi connectivity index (χ2n) is 7.13. The Morgan fingerprint density at radius 1 is 0.923 bits per heavy atom. The summed E-state index contributed by atoms with van der Waals surface area (Å²) in [4.78, 5) is 11.7. The van der Waals surface area contributed by atoms with Crippen LogP contribution in [0.4, 0.5) is 0 Å². The van der Waals surface area contributed by atoms with Gasteiger partial charge in [0.1, 0.15) is 6.10 Å². The summed E-state index contributed by atoms with van der Waals surface area (Å²) in [5, 5.41) is 0.